The second-order valence-corrected chi connectivity index (χ2v) is 4.91. The maximum absolute atomic E-state index is 11.2. The van der Waals surface area contributed by atoms with E-state index in [2.05, 4.69) is 6.92 Å². The fraction of sp³-hybridized carbons (Fsp3) is 0.500. The molecule has 0 bridgehead atoms. The molecule has 0 fully saturated rings. The van der Waals surface area contributed by atoms with Crippen molar-refractivity contribution in [2.75, 3.05) is 7.05 Å². The first-order valence-corrected chi connectivity index (χ1v) is 6.60. The van der Waals surface area contributed by atoms with Crippen molar-refractivity contribution in [1.82, 2.24) is 4.90 Å². The molecular formula is C14H20ClNO2. The lowest BCUT2D eigenvalue weighted by atomic mass is 10.1. The number of nitrogens with zero attached hydrogens (tertiary/aromatic N) is 1. The maximum atomic E-state index is 11.2. The summed E-state index contributed by atoms with van der Waals surface area (Å²) in [5.74, 6) is -0.766. The van der Waals surface area contributed by atoms with E-state index >= 15 is 0 Å². The zero-order valence-electron chi connectivity index (χ0n) is 10.9. The minimum Gasteiger partial charge on any atom is -0.480 e. The number of halogens is 1. The third-order valence-corrected chi connectivity index (χ3v) is 3.39. The number of likely N-dealkylation sites (N-methyl/N-ethyl adjacent to an activating group) is 1. The van der Waals surface area contributed by atoms with Crippen LogP contribution in [0, 0.1) is 0 Å². The molecule has 1 atom stereocenters. The largest absolute Gasteiger partial charge is 0.480 e. The molecule has 3 nitrogen and oxygen atoms in total. The van der Waals surface area contributed by atoms with Gasteiger partial charge in [0, 0.05) is 11.6 Å². The predicted molar refractivity (Wildman–Crippen MR) is 73.9 cm³/mol. The van der Waals surface area contributed by atoms with E-state index in [0.29, 0.717) is 18.0 Å². The summed E-state index contributed by atoms with van der Waals surface area (Å²) in [7, 11) is 1.83. The number of carboxylic acid groups (broad SMARTS) is 1. The number of carbonyl (C=O) groups is 1. The van der Waals surface area contributed by atoms with E-state index in [9.17, 15) is 9.90 Å². The molecule has 1 N–H and O–H groups in total. The summed E-state index contributed by atoms with van der Waals surface area (Å²) < 4.78 is 0. The topological polar surface area (TPSA) is 40.5 Å². The van der Waals surface area contributed by atoms with Crippen LogP contribution < -0.4 is 0 Å². The van der Waals surface area contributed by atoms with Gasteiger partial charge in [-0.25, -0.2) is 0 Å². The Morgan fingerprint density at radius 1 is 1.44 bits per heavy atom. The average Bonchev–Trinajstić information content (AvgIpc) is 2.32. The van der Waals surface area contributed by atoms with Crippen LogP contribution in [0.25, 0.3) is 0 Å². The Bertz CT molecular complexity index is 395. The van der Waals surface area contributed by atoms with Gasteiger partial charge in [-0.15, -0.1) is 0 Å². The minimum absolute atomic E-state index is 0.443. The predicted octanol–water partition coefficient (Wildman–Crippen LogP) is 3.42. The monoisotopic (exact) mass is 269 g/mol. The number of unbranched alkanes of at least 4 members (excludes halogenated alkanes) is 1. The van der Waals surface area contributed by atoms with E-state index in [1.54, 1.807) is 0 Å². The zero-order valence-corrected chi connectivity index (χ0v) is 11.7. The summed E-state index contributed by atoms with van der Waals surface area (Å²) in [6, 6.07) is 7.10. The highest BCUT2D eigenvalue weighted by atomic mass is 35.5. The zero-order chi connectivity index (χ0) is 13.5. The van der Waals surface area contributed by atoms with E-state index in [1.165, 1.54) is 0 Å². The van der Waals surface area contributed by atoms with Crippen molar-refractivity contribution in [2.45, 2.75) is 38.8 Å². The molecule has 1 aromatic carbocycles. The van der Waals surface area contributed by atoms with Crippen molar-refractivity contribution < 1.29 is 9.90 Å². The van der Waals surface area contributed by atoms with Crippen LogP contribution in [0.3, 0.4) is 0 Å². The third kappa shape index (κ3) is 4.31. The first-order valence-electron chi connectivity index (χ1n) is 6.22. The van der Waals surface area contributed by atoms with Gasteiger partial charge >= 0.3 is 5.97 Å². The van der Waals surface area contributed by atoms with Crippen LogP contribution in [0.5, 0.6) is 0 Å². The molecule has 1 aromatic rings. The Labute approximate surface area is 113 Å². The van der Waals surface area contributed by atoms with E-state index in [0.717, 1.165) is 18.4 Å². The van der Waals surface area contributed by atoms with Gasteiger partial charge in [0.2, 0.25) is 0 Å². The molecule has 100 valence electrons. The van der Waals surface area contributed by atoms with E-state index in [1.807, 2.05) is 36.2 Å². The molecule has 0 aromatic heterocycles. The van der Waals surface area contributed by atoms with E-state index in [-0.39, 0.29) is 0 Å². The van der Waals surface area contributed by atoms with Gasteiger partial charge in [0.25, 0.3) is 0 Å². The molecule has 0 aliphatic heterocycles. The van der Waals surface area contributed by atoms with Gasteiger partial charge in [-0.3, -0.25) is 9.69 Å². The smallest absolute Gasteiger partial charge is 0.320 e. The first-order chi connectivity index (χ1) is 8.56. The van der Waals surface area contributed by atoms with Crippen molar-refractivity contribution in [3.05, 3.63) is 34.9 Å². The average molecular weight is 270 g/mol. The first kappa shape index (κ1) is 15.0. The lowest BCUT2D eigenvalue weighted by Gasteiger charge is -2.24. The van der Waals surface area contributed by atoms with Crippen molar-refractivity contribution in [3.8, 4) is 0 Å². The third-order valence-electron chi connectivity index (χ3n) is 3.03. The van der Waals surface area contributed by atoms with Gasteiger partial charge in [0.15, 0.2) is 0 Å². The van der Waals surface area contributed by atoms with Gasteiger partial charge in [-0.2, -0.15) is 0 Å². The highest BCUT2D eigenvalue weighted by Gasteiger charge is 2.22. The van der Waals surface area contributed by atoms with Crippen LogP contribution >= 0.6 is 11.6 Å². The molecule has 0 spiro atoms. The second kappa shape index (κ2) is 7.39. The van der Waals surface area contributed by atoms with Crippen LogP contribution in [-0.4, -0.2) is 29.1 Å². The summed E-state index contributed by atoms with van der Waals surface area (Å²) >= 11 is 6.08. The van der Waals surface area contributed by atoms with Crippen molar-refractivity contribution in [3.63, 3.8) is 0 Å². The Morgan fingerprint density at radius 2 is 2.11 bits per heavy atom. The molecule has 0 aliphatic carbocycles. The molecule has 1 rings (SSSR count). The Morgan fingerprint density at radius 3 is 2.67 bits per heavy atom. The van der Waals surface area contributed by atoms with Crippen LogP contribution in [0.15, 0.2) is 24.3 Å². The molecule has 1 unspecified atom stereocenters. The Hall–Kier alpha value is -1.06. The lowest BCUT2D eigenvalue weighted by molar-refractivity contribution is -0.143. The summed E-state index contributed by atoms with van der Waals surface area (Å²) in [5, 5.41) is 9.93. The van der Waals surface area contributed by atoms with Crippen LogP contribution in [0.1, 0.15) is 31.7 Å². The van der Waals surface area contributed by atoms with Crippen molar-refractivity contribution in [2.24, 2.45) is 0 Å². The quantitative estimate of drug-likeness (QED) is 0.825. The van der Waals surface area contributed by atoms with E-state index in [4.69, 9.17) is 11.6 Å². The molecule has 0 radical (unpaired) electrons. The van der Waals surface area contributed by atoms with Gasteiger partial charge < -0.3 is 5.11 Å². The van der Waals surface area contributed by atoms with Gasteiger partial charge in [-0.05, 0) is 25.1 Å². The SMILES string of the molecule is CCCCC(C(=O)O)N(C)Cc1ccccc1Cl. The molecule has 0 heterocycles. The summed E-state index contributed by atoms with van der Waals surface area (Å²) in [4.78, 5) is 13.1. The number of hydrogen-bond acceptors (Lipinski definition) is 2. The molecule has 0 aliphatic rings. The summed E-state index contributed by atoms with van der Waals surface area (Å²) in [5.41, 5.74) is 0.962. The fourth-order valence-corrected chi connectivity index (χ4v) is 2.13. The molecule has 4 heteroatoms. The van der Waals surface area contributed by atoms with Crippen LogP contribution in [-0.2, 0) is 11.3 Å². The highest BCUT2D eigenvalue weighted by molar-refractivity contribution is 6.31. The normalized spacial score (nSPS) is 12.7. The Kier molecular flexibility index (Phi) is 6.16. The number of rotatable bonds is 7. The Balaban J connectivity index is 2.69. The van der Waals surface area contributed by atoms with Crippen molar-refractivity contribution in [1.29, 1.82) is 0 Å². The summed E-state index contributed by atoms with van der Waals surface area (Å²) in [6.07, 6.45) is 2.60. The number of hydrogen-bond donors (Lipinski definition) is 1. The molecular weight excluding hydrogens is 250 g/mol. The molecule has 0 amide bonds. The number of aliphatic carboxylic acids is 1. The molecule has 0 saturated heterocycles. The van der Waals surface area contributed by atoms with Crippen LogP contribution in [0.2, 0.25) is 5.02 Å². The molecule has 0 saturated carbocycles. The second-order valence-electron chi connectivity index (χ2n) is 4.50. The lowest BCUT2D eigenvalue weighted by Crippen LogP contribution is -2.38. The molecule has 18 heavy (non-hydrogen) atoms. The number of benzene rings is 1. The van der Waals surface area contributed by atoms with Gasteiger partial charge in [0.05, 0.1) is 0 Å². The standard InChI is InChI=1S/C14H20ClNO2/c1-3-4-9-13(14(17)18)16(2)10-11-7-5-6-8-12(11)15/h5-8,13H,3-4,9-10H2,1-2H3,(H,17,18). The van der Waals surface area contributed by atoms with Gasteiger partial charge in [-0.1, -0.05) is 49.6 Å². The van der Waals surface area contributed by atoms with Gasteiger partial charge in [0.1, 0.15) is 6.04 Å². The highest BCUT2D eigenvalue weighted by Crippen LogP contribution is 2.18. The fourth-order valence-electron chi connectivity index (χ4n) is 1.94. The minimum atomic E-state index is -0.766. The van der Waals surface area contributed by atoms with Crippen molar-refractivity contribution >= 4 is 17.6 Å². The van der Waals surface area contributed by atoms with Crippen LogP contribution in [0.4, 0.5) is 0 Å². The van der Waals surface area contributed by atoms with E-state index < -0.39 is 12.0 Å². The summed E-state index contributed by atoms with van der Waals surface area (Å²) in [6.45, 7) is 2.62. The maximum Gasteiger partial charge on any atom is 0.320 e. The number of carboxylic acids is 1.